The van der Waals surface area contributed by atoms with E-state index >= 15 is 0 Å². The van der Waals surface area contributed by atoms with Crippen LogP contribution in [0.4, 0.5) is 0 Å². The van der Waals surface area contributed by atoms with Gasteiger partial charge in [-0.05, 0) is 19.8 Å². The molecular formula is C12H23N3O. The van der Waals surface area contributed by atoms with Crippen LogP contribution in [0.25, 0.3) is 0 Å². The Morgan fingerprint density at radius 2 is 2.00 bits per heavy atom. The average molecular weight is 225 g/mol. The van der Waals surface area contributed by atoms with E-state index in [1.165, 1.54) is 25.7 Å². The first-order chi connectivity index (χ1) is 7.65. The predicted octanol–water partition coefficient (Wildman–Crippen LogP) is 0.419. The van der Waals surface area contributed by atoms with Crippen LogP contribution in [0.2, 0.25) is 0 Å². The van der Waals surface area contributed by atoms with Gasteiger partial charge in [0.05, 0.1) is 0 Å². The fourth-order valence-corrected chi connectivity index (χ4v) is 3.02. The van der Waals surface area contributed by atoms with E-state index in [0.29, 0.717) is 18.6 Å². The van der Waals surface area contributed by atoms with Crippen molar-refractivity contribution in [1.82, 2.24) is 9.80 Å². The average Bonchev–Trinajstić information content (AvgIpc) is 2.79. The normalized spacial score (nSPS) is 33.7. The lowest BCUT2D eigenvalue weighted by Crippen LogP contribution is -2.63. The maximum Gasteiger partial charge on any atom is 0.241 e. The van der Waals surface area contributed by atoms with E-state index in [-0.39, 0.29) is 11.9 Å². The van der Waals surface area contributed by atoms with Crippen molar-refractivity contribution in [2.24, 2.45) is 5.73 Å². The van der Waals surface area contributed by atoms with Crippen LogP contribution < -0.4 is 5.73 Å². The number of amides is 1. The summed E-state index contributed by atoms with van der Waals surface area (Å²) in [6, 6.07) is 0.828. The molecule has 1 heterocycles. The molecule has 0 aromatic rings. The summed E-state index contributed by atoms with van der Waals surface area (Å²) in [4.78, 5) is 16.3. The highest BCUT2D eigenvalue weighted by atomic mass is 16.2. The van der Waals surface area contributed by atoms with Crippen LogP contribution in [0.3, 0.4) is 0 Å². The zero-order valence-corrected chi connectivity index (χ0v) is 10.4. The topological polar surface area (TPSA) is 49.6 Å². The van der Waals surface area contributed by atoms with Gasteiger partial charge in [0.1, 0.15) is 6.04 Å². The number of carbonyl (C=O) groups is 1. The maximum atomic E-state index is 12.1. The van der Waals surface area contributed by atoms with E-state index < -0.39 is 0 Å². The van der Waals surface area contributed by atoms with Crippen LogP contribution in [-0.4, -0.2) is 54.0 Å². The smallest absolute Gasteiger partial charge is 0.241 e. The highest BCUT2D eigenvalue weighted by Crippen LogP contribution is 2.28. The molecule has 1 amide bonds. The number of carbonyl (C=O) groups excluding carboxylic acids is 1. The van der Waals surface area contributed by atoms with E-state index in [1.807, 2.05) is 11.9 Å². The largest absolute Gasteiger partial charge is 0.340 e. The van der Waals surface area contributed by atoms with Crippen molar-refractivity contribution in [3.63, 3.8) is 0 Å². The van der Waals surface area contributed by atoms with Crippen molar-refractivity contribution < 1.29 is 4.79 Å². The van der Waals surface area contributed by atoms with E-state index in [0.717, 1.165) is 6.54 Å². The SMILES string of the molecule is CC1CN(C2CCCC2)C(CN)C(=O)N1C. The van der Waals surface area contributed by atoms with Gasteiger partial charge < -0.3 is 10.6 Å². The monoisotopic (exact) mass is 225 g/mol. The zero-order valence-electron chi connectivity index (χ0n) is 10.4. The number of nitrogens with two attached hydrogens (primary N) is 1. The molecule has 0 aromatic heterocycles. The lowest BCUT2D eigenvalue weighted by Gasteiger charge is -2.45. The van der Waals surface area contributed by atoms with Gasteiger partial charge >= 0.3 is 0 Å². The molecule has 1 aliphatic heterocycles. The van der Waals surface area contributed by atoms with Gasteiger partial charge in [-0.2, -0.15) is 0 Å². The first kappa shape index (κ1) is 11.9. The molecule has 2 atom stereocenters. The van der Waals surface area contributed by atoms with Gasteiger partial charge in [0.25, 0.3) is 0 Å². The summed E-state index contributed by atoms with van der Waals surface area (Å²) in [5.74, 6) is 0.202. The molecule has 0 spiro atoms. The van der Waals surface area contributed by atoms with E-state index in [9.17, 15) is 4.79 Å². The highest BCUT2D eigenvalue weighted by Gasteiger charge is 2.39. The van der Waals surface area contributed by atoms with Crippen LogP contribution in [-0.2, 0) is 4.79 Å². The first-order valence-corrected chi connectivity index (χ1v) is 6.37. The van der Waals surface area contributed by atoms with E-state index in [1.54, 1.807) is 0 Å². The Labute approximate surface area is 97.8 Å². The van der Waals surface area contributed by atoms with Crippen LogP contribution in [0.1, 0.15) is 32.6 Å². The predicted molar refractivity (Wildman–Crippen MR) is 64.0 cm³/mol. The second-order valence-electron chi connectivity index (χ2n) is 5.18. The van der Waals surface area contributed by atoms with Crippen LogP contribution in [0.15, 0.2) is 0 Å². The summed E-state index contributed by atoms with van der Waals surface area (Å²) in [6.07, 6.45) is 5.08. The number of piperazine rings is 1. The summed E-state index contributed by atoms with van der Waals surface area (Å²) in [5, 5.41) is 0. The Kier molecular flexibility index (Phi) is 3.50. The summed E-state index contributed by atoms with van der Waals surface area (Å²) < 4.78 is 0. The highest BCUT2D eigenvalue weighted by molar-refractivity contribution is 5.83. The lowest BCUT2D eigenvalue weighted by atomic mass is 10.0. The van der Waals surface area contributed by atoms with Crippen LogP contribution in [0.5, 0.6) is 0 Å². The molecule has 1 aliphatic carbocycles. The molecule has 1 saturated heterocycles. The number of rotatable bonds is 2. The van der Waals surface area contributed by atoms with Crippen molar-refractivity contribution in [2.75, 3.05) is 20.1 Å². The molecular weight excluding hydrogens is 202 g/mol. The Morgan fingerprint density at radius 3 is 2.56 bits per heavy atom. The number of nitrogens with zero attached hydrogens (tertiary/aromatic N) is 2. The third-order valence-electron chi connectivity index (χ3n) is 4.19. The summed E-state index contributed by atoms with van der Waals surface area (Å²) >= 11 is 0. The molecule has 4 heteroatoms. The minimum absolute atomic E-state index is 0.0794. The van der Waals surface area contributed by atoms with Gasteiger partial charge in [0, 0.05) is 32.2 Å². The Hall–Kier alpha value is -0.610. The van der Waals surface area contributed by atoms with E-state index in [2.05, 4.69) is 11.8 Å². The Balaban J connectivity index is 2.12. The van der Waals surface area contributed by atoms with Crippen molar-refractivity contribution in [3.05, 3.63) is 0 Å². The summed E-state index contributed by atoms with van der Waals surface area (Å²) in [5.41, 5.74) is 5.77. The van der Waals surface area contributed by atoms with Gasteiger partial charge in [-0.3, -0.25) is 9.69 Å². The minimum atomic E-state index is -0.0794. The molecule has 2 unspecified atom stereocenters. The fraction of sp³-hybridized carbons (Fsp3) is 0.917. The van der Waals surface area contributed by atoms with Crippen molar-refractivity contribution in [1.29, 1.82) is 0 Å². The Bertz CT molecular complexity index is 263. The zero-order chi connectivity index (χ0) is 11.7. The van der Waals surface area contributed by atoms with Gasteiger partial charge in [-0.15, -0.1) is 0 Å². The summed E-state index contributed by atoms with van der Waals surface area (Å²) in [7, 11) is 1.89. The van der Waals surface area contributed by atoms with E-state index in [4.69, 9.17) is 5.73 Å². The molecule has 2 fully saturated rings. The Morgan fingerprint density at radius 1 is 1.38 bits per heavy atom. The molecule has 0 aromatic carbocycles. The second-order valence-corrected chi connectivity index (χ2v) is 5.18. The quantitative estimate of drug-likeness (QED) is 0.741. The first-order valence-electron chi connectivity index (χ1n) is 6.37. The van der Waals surface area contributed by atoms with Crippen molar-refractivity contribution in [2.45, 2.75) is 50.7 Å². The molecule has 16 heavy (non-hydrogen) atoms. The molecule has 2 aliphatic rings. The van der Waals surface area contributed by atoms with Crippen LogP contribution in [0, 0.1) is 0 Å². The third kappa shape index (κ3) is 1.96. The number of hydrogen-bond donors (Lipinski definition) is 1. The van der Waals surface area contributed by atoms with Crippen molar-refractivity contribution in [3.8, 4) is 0 Å². The molecule has 4 nitrogen and oxygen atoms in total. The summed E-state index contributed by atoms with van der Waals surface area (Å²) in [6.45, 7) is 3.55. The fourth-order valence-electron chi connectivity index (χ4n) is 3.02. The van der Waals surface area contributed by atoms with Gasteiger partial charge in [-0.25, -0.2) is 0 Å². The molecule has 1 saturated carbocycles. The molecule has 92 valence electrons. The van der Waals surface area contributed by atoms with Crippen molar-refractivity contribution >= 4 is 5.91 Å². The minimum Gasteiger partial charge on any atom is -0.340 e. The lowest BCUT2D eigenvalue weighted by molar-refractivity contribution is -0.144. The number of likely N-dealkylation sites (N-methyl/N-ethyl adjacent to an activating group) is 1. The van der Waals surface area contributed by atoms with Gasteiger partial charge in [0.2, 0.25) is 5.91 Å². The van der Waals surface area contributed by atoms with Gasteiger partial charge in [-0.1, -0.05) is 12.8 Å². The van der Waals surface area contributed by atoms with Crippen LogP contribution >= 0.6 is 0 Å². The molecule has 2 N–H and O–H groups in total. The molecule has 0 bridgehead atoms. The second kappa shape index (κ2) is 4.72. The standard InChI is InChI=1S/C12H23N3O/c1-9-8-15(10-5-3-4-6-10)11(7-13)12(16)14(9)2/h9-11H,3-8,13H2,1-2H3. The third-order valence-corrected chi connectivity index (χ3v) is 4.19. The van der Waals surface area contributed by atoms with Gasteiger partial charge in [0.15, 0.2) is 0 Å². The molecule has 2 rings (SSSR count). The maximum absolute atomic E-state index is 12.1. The molecule has 0 radical (unpaired) electrons. The number of hydrogen-bond acceptors (Lipinski definition) is 3.